The van der Waals surface area contributed by atoms with Crippen molar-refractivity contribution >= 4 is 0 Å². The molecule has 0 N–H and O–H groups in total. The minimum atomic E-state index is -2.51. The van der Waals surface area contributed by atoms with Crippen molar-refractivity contribution < 1.29 is 23.0 Å². The molecular formula is C24H24F2O3. The SMILES string of the molecule is CCOc1ccc(C(COCc2cccc(Oc3ccccc3)c2)C(F)F)cc1. The Morgan fingerprint density at radius 2 is 1.52 bits per heavy atom. The Kier molecular flexibility index (Phi) is 7.59. The van der Waals surface area contributed by atoms with Gasteiger partial charge in [-0.15, -0.1) is 0 Å². The van der Waals surface area contributed by atoms with Crippen molar-refractivity contribution in [1.29, 1.82) is 0 Å². The van der Waals surface area contributed by atoms with E-state index in [1.807, 2.05) is 61.5 Å². The van der Waals surface area contributed by atoms with E-state index in [0.29, 0.717) is 23.7 Å². The molecule has 0 heterocycles. The number of para-hydroxylation sites is 1. The van der Waals surface area contributed by atoms with E-state index in [1.165, 1.54) is 0 Å². The van der Waals surface area contributed by atoms with Gasteiger partial charge < -0.3 is 14.2 Å². The van der Waals surface area contributed by atoms with E-state index in [-0.39, 0.29) is 13.2 Å². The van der Waals surface area contributed by atoms with Gasteiger partial charge in [0.05, 0.1) is 25.7 Å². The van der Waals surface area contributed by atoms with Gasteiger partial charge in [-0.05, 0) is 54.4 Å². The highest BCUT2D eigenvalue weighted by molar-refractivity contribution is 5.34. The molecule has 0 aliphatic rings. The molecule has 29 heavy (non-hydrogen) atoms. The Hall–Kier alpha value is -2.92. The number of ether oxygens (including phenoxy) is 3. The number of hydrogen-bond acceptors (Lipinski definition) is 3. The third-order valence-corrected chi connectivity index (χ3v) is 4.37. The van der Waals surface area contributed by atoms with E-state index in [0.717, 1.165) is 11.3 Å². The Balaban J connectivity index is 1.57. The summed E-state index contributed by atoms with van der Waals surface area (Å²) >= 11 is 0. The van der Waals surface area contributed by atoms with E-state index in [4.69, 9.17) is 14.2 Å². The van der Waals surface area contributed by atoms with Gasteiger partial charge in [-0.2, -0.15) is 0 Å². The second-order valence-electron chi connectivity index (χ2n) is 6.52. The fourth-order valence-electron chi connectivity index (χ4n) is 2.92. The van der Waals surface area contributed by atoms with Gasteiger partial charge in [0, 0.05) is 0 Å². The molecule has 0 amide bonds. The fraction of sp³-hybridized carbons (Fsp3) is 0.250. The minimum absolute atomic E-state index is 0.0740. The monoisotopic (exact) mass is 398 g/mol. The maximum Gasteiger partial charge on any atom is 0.247 e. The Morgan fingerprint density at radius 3 is 2.21 bits per heavy atom. The molecule has 0 aromatic heterocycles. The van der Waals surface area contributed by atoms with Crippen LogP contribution in [-0.4, -0.2) is 19.6 Å². The van der Waals surface area contributed by atoms with E-state index in [9.17, 15) is 8.78 Å². The fourth-order valence-corrected chi connectivity index (χ4v) is 2.92. The highest BCUT2D eigenvalue weighted by Crippen LogP contribution is 2.27. The summed E-state index contributed by atoms with van der Waals surface area (Å²) < 4.78 is 43.8. The third kappa shape index (κ3) is 6.29. The summed E-state index contributed by atoms with van der Waals surface area (Å²) in [5.74, 6) is 1.09. The standard InChI is InChI=1S/C24H24F2O3/c1-2-28-20-13-11-19(12-14-20)23(24(25)26)17-27-16-18-7-6-10-22(15-18)29-21-8-4-3-5-9-21/h3-15,23-24H,2,16-17H2,1H3. The summed E-state index contributed by atoms with van der Waals surface area (Å²) in [6.07, 6.45) is -2.51. The van der Waals surface area contributed by atoms with Crippen LogP contribution in [0.25, 0.3) is 0 Å². The molecule has 5 heteroatoms. The van der Waals surface area contributed by atoms with Crippen molar-refractivity contribution in [2.45, 2.75) is 25.9 Å². The van der Waals surface area contributed by atoms with Gasteiger partial charge in [0.25, 0.3) is 0 Å². The number of hydrogen-bond donors (Lipinski definition) is 0. The lowest BCUT2D eigenvalue weighted by Crippen LogP contribution is -2.16. The molecule has 0 saturated carbocycles. The molecule has 0 aliphatic heterocycles. The van der Waals surface area contributed by atoms with E-state index in [1.54, 1.807) is 24.3 Å². The van der Waals surface area contributed by atoms with Crippen molar-refractivity contribution in [1.82, 2.24) is 0 Å². The number of halogens is 2. The molecule has 3 rings (SSSR count). The molecule has 0 spiro atoms. The van der Waals surface area contributed by atoms with Crippen LogP contribution in [0.15, 0.2) is 78.9 Å². The van der Waals surface area contributed by atoms with Gasteiger partial charge in [0.1, 0.15) is 17.2 Å². The Labute approximate surface area is 169 Å². The molecule has 3 nitrogen and oxygen atoms in total. The van der Waals surface area contributed by atoms with Gasteiger partial charge in [0.2, 0.25) is 6.43 Å². The van der Waals surface area contributed by atoms with Gasteiger partial charge >= 0.3 is 0 Å². The molecule has 3 aromatic carbocycles. The molecule has 0 bridgehead atoms. The average molecular weight is 398 g/mol. The van der Waals surface area contributed by atoms with Crippen LogP contribution in [0.2, 0.25) is 0 Å². The van der Waals surface area contributed by atoms with Gasteiger partial charge in [-0.1, -0.05) is 42.5 Å². The van der Waals surface area contributed by atoms with Gasteiger partial charge in [0.15, 0.2) is 0 Å². The summed E-state index contributed by atoms with van der Waals surface area (Å²) in [6, 6.07) is 23.6. The molecule has 1 unspecified atom stereocenters. The maximum absolute atomic E-state index is 13.5. The molecule has 0 radical (unpaired) electrons. The van der Waals surface area contributed by atoms with Crippen LogP contribution >= 0.6 is 0 Å². The predicted octanol–water partition coefficient (Wildman–Crippen LogP) is 6.44. The van der Waals surface area contributed by atoms with Crippen molar-refractivity contribution in [3.63, 3.8) is 0 Å². The highest BCUT2D eigenvalue weighted by atomic mass is 19.3. The van der Waals surface area contributed by atoms with Crippen molar-refractivity contribution in [3.05, 3.63) is 90.0 Å². The maximum atomic E-state index is 13.5. The quantitative estimate of drug-likeness (QED) is 0.393. The largest absolute Gasteiger partial charge is 0.494 e. The number of rotatable bonds is 10. The van der Waals surface area contributed by atoms with E-state index < -0.39 is 12.3 Å². The summed E-state index contributed by atoms with van der Waals surface area (Å²) in [4.78, 5) is 0. The molecule has 0 aliphatic carbocycles. The van der Waals surface area contributed by atoms with Crippen LogP contribution in [0.1, 0.15) is 24.0 Å². The van der Waals surface area contributed by atoms with Gasteiger partial charge in [-0.25, -0.2) is 8.78 Å². The van der Waals surface area contributed by atoms with Crippen LogP contribution in [0.3, 0.4) is 0 Å². The average Bonchev–Trinajstić information content (AvgIpc) is 2.73. The first-order valence-electron chi connectivity index (χ1n) is 9.56. The van der Waals surface area contributed by atoms with Crippen LogP contribution in [0.5, 0.6) is 17.2 Å². The zero-order chi connectivity index (χ0) is 20.5. The van der Waals surface area contributed by atoms with Crippen LogP contribution in [0.4, 0.5) is 8.78 Å². The first-order valence-corrected chi connectivity index (χ1v) is 9.56. The summed E-state index contributed by atoms with van der Waals surface area (Å²) in [5.41, 5.74) is 1.39. The lowest BCUT2D eigenvalue weighted by Gasteiger charge is -2.17. The van der Waals surface area contributed by atoms with Crippen LogP contribution in [-0.2, 0) is 11.3 Å². The van der Waals surface area contributed by atoms with Crippen molar-refractivity contribution in [3.8, 4) is 17.2 Å². The second-order valence-corrected chi connectivity index (χ2v) is 6.52. The summed E-state index contributed by atoms with van der Waals surface area (Å²) in [7, 11) is 0. The van der Waals surface area contributed by atoms with Crippen molar-refractivity contribution in [2.75, 3.05) is 13.2 Å². The predicted molar refractivity (Wildman–Crippen MR) is 109 cm³/mol. The lowest BCUT2D eigenvalue weighted by molar-refractivity contribution is 0.0369. The number of benzene rings is 3. The van der Waals surface area contributed by atoms with Crippen molar-refractivity contribution in [2.24, 2.45) is 0 Å². The second kappa shape index (κ2) is 10.6. The summed E-state index contributed by atoms with van der Waals surface area (Å²) in [6.45, 7) is 2.57. The van der Waals surface area contributed by atoms with Crippen LogP contribution in [0, 0.1) is 0 Å². The highest BCUT2D eigenvalue weighted by Gasteiger charge is 2.23. The normalized spacial score (nSPS) is 12.0. The molecule has 152 valence electrons. The smallest absolute Gasteiger partial charge is 0.247 e. The molecule has 3 aromatic rings. The molecular weight excluding hydrogens is 374 g/mol. The molecule has 0 fully saturated rings. The zero-order valence-corrected chi connectivity index (χ0v) is 16.3. The lowest BCUT2D eigenvalue weighted by atomic mass is 10.0. The number of alkyl halides is 2. The first kappa shape index (κ1) is 20.8. The molecule has 0 saturated heterocycles. The topological polar surface area (TPSA) is 27.7 Å². The van der Waals surface area contributed by atoms with Crippen LogP contribution < -0.4 is 9.47 Å². The van der Waals surface area contributed by atoms with Gasteiger partial charge in [-0.3, -0.25) is 0 Å². The zero-order valence-electron chi connectivity index (χ0n) is 16.3. The first-order chi connectivity index (χ1) is 14.2. The third-order valence-electron chi connectivity index (χ3n) is 4.37. The Morgan fingerprint density at radius 1 is 0.793 bits per heavy atom. The van der Waals surface area contributed by atoms with E-state index in [2.05, 4.69) is 0 Å². The summed E-state index contributed by atoms with van der Waals surface area (Å²) in [5, 5.41) is 0. The molecule has 1 atom stereocenters. The Bertz CT molecular complexity index is 867. The van der Waals surface area contributed by atoms with E-state index >= 15 is 0 Å². The minimum Gasteiger partial charge on any atom is -0.494 e.